The summed E-state index contributed by atoms with van der Waals surface area (Å²) in [6.07, 6.45) is 3.07. The van der Waals surface area contributed by atoms with Gasteiger partial charge < -0.3 is 14.5 Å². The number of likely N-dealkylation sites (tertiary alicyclic amines) is 1. The molecule has 0 bridgehead atoms. The van der Waals surface area contributed by atoms with Gasteiger partial charge in [-0.3, -0.25) is 9.59 Å². The average Bonchev–Trinajstić information content (AvgIpc) is 2.60. The lowest BCUT2D eigenvalue weighted by molar-refractivity contribution is -0.132. The maximum absolute atomic E-state index is 12.5. The fourth-order valence-electron chi connectivity index (χ4n) is 2.71. The van der Waals surface area contributed by atoms with Crippen LogP contribution in [0.2, 0.25) is 5.02 Å². The molecule has 1 aromatic carbocycles. The standard InChI is InChI=1S/C17H21ClN2O4/c1-12(21)20(11-16(22)19-8-4-3-5-9-19)15-10-13(17(23)24-2)6-7-14(15)18/h6-7,10H,3-5,8-9,11H2,1-2H3. The van der Waals surface area contributed by atoms with E-state index < -0.39 is 5.97 Å². The zero-order valence-corrected chi connectivity index (χ0v) is 14.6. The van der Waals surface area contributed by atoms with Gasteiger partial charge in [0.15, 0.2) is 0 Å². The molecule has 24 heavy (non-hydrogen) atoms. The summed E-state index contributed by atoms with van der Waals surface area (Å²) in [7, 11) is 1.28. The second-order valence-corrected chi connectivity index (χ2v) is 6.11. The number of hydrogen-bond donors (Lipinski definition) is 0. The van der Waals surface area contributed by atoms with Crippen molar-refractivity contribution in [3.63, 3.8) is 0 Å². The maximum Gasteiger partial charge on any atom is 0.337 e. The van der Waals surface area contributed by atoms with Crippen molar-refractivity contribution < 1.29 is 19.1 Å². The lowest BCUT2D eigenvalue weighted by Gasteiger charge is -2.30. The minimum absolute atomic E-state index is 0.0975. The van der Waals surface area contributed by atoms with Crippen LogP contribution in [0.1, 0.15) is 36.5 Å². The van der Waals surface area contributed by atoms with E-state index in [4.69, 9.17) is 11.6 Å². The molecule has 1 aromatic rings. The van der Waals surface area contributed by atoms with Gasteiger partial charge in [-0.2, -0.15) is 0 Å². The van der Waals surface area contributed by atoms with E-state index in [0.29, 0.717) is 23.8 Å². The number of esters is 1. The highest BCUT2D eigenvalue weighted by Crippen LogP contribution is 2.28. The van der Waals surface area contributed by atoms with Crippen molar-refractivity contribution in [1.29, 1.82) is 0 Å². The number of halogens is 1. The average molecular weight is 353 g/mol. The Labute approximate surface area is 146 Å². The smallest absolute Gasteiger partial charge is 0.337 e. The summed E-state index contributed by atoms with van der Waals surface area (Å²) in [5.74, 6) is -0.965. The summed E-state index contributed by atoms with van der Waals surface area (Å²) < 4.78 is 4.69. The van der Waals surface area contributed by atoms with Crippen LogP contribution in [-0.2, 0) is 14.3 Å². The highest BCUT2D eigenvalue weighted by Gasteiger charge is 2.24. The Morgan fingerprint density at radius 1 is 1.21 bits per heavy atom. The topological polar surface area (TPSA) is 66.9 Å². The van der Waals surface area contributed by atoms with Crippen molar-refractivity contribution in [1.82, 2.24) is 4.90 Å². The molecule has 1 saturated heterocycles. The van der Waals surface area contributed by atoms with Crippen molar-refractivity contribution in [2.45, 2.75) is 26.2 Å². The van der Waals surface area contributed by atoms with Crippen molar-refractivity contribution in [3.8, 4) is 0 Å². The van der Waals surface area contributed by atoms with Gasteiger partial charge in [0.25, 0.3) is 0 Å². The number of hydrogen-bond acceptors (Lipinski definition) is 4. The van der Waals surface area contributed by atoms with Crippen molar-refractivity contribution >= 4 is 35.1 Å². The highest BCUT2D eigenvalue weighted by molar-refractivity contribution is 6.34. The Balaban J connectivity index is 2.25. The number of anilines is 1. The summed E-state index contributed by atoms with van der Waals surface area (Å²) in [6.45, 7) is 2.69. The molecule has 1 aliphatic heterocycles. The van der Waals surface area contributed by atoms with Crippen LogP contribution in [0.15, 0.2) is 18.2 Å². The third-order valence-corrected chi connectivity index (χ3v) is 4.36. The van der Waals surface area contributed by atoms with E-state index in [0.717, 1.165) is 19.3 Å². The van der Waals surface area contributed by atoms with Crippen molar-refractivity contribution in [2.24, 2.45) is 0 Å². The molecule has 6 nitrogen and oxygen atoms in total. The minimum Gasteiger partial charge on any atom is -0.465 e. The first kappa shape index (κ1) is 18.3. The van der Waals surface area contributed by atoms with E-state index >= 15 is 0 Å². The van der Waals surface area contributed by atoms with Gasteiger partial charge in [-0.15, -0.1) is 0 Å². The molecule has 0 saturated carbocycles. The molecule has 0 N–H and O–H groups in total. The van der Waals surface area contributed by atoms with Gasteiger partial charge in [0.2, 0.25) is 11.8 Å². The summed E-state index contributed by atoms with van der Waals surface area (Å²) in [5.41, 5.74) is 0.603. The fraction of sp³-hybridized carbons (Fsp3) is 0.471. The first-order valence-corrected chi connectivity index (χ1v) is 8.25. The predicted molar refractivity (Wildman–Crippen MR) is 91.2 cm³/mol. The molecule has 0 unspecified atom stereocenters. The maximum atomic E-state index is 12.5. The lowest BCUT2D eigenvalue weighted by atomic mass is 10.1. The van der Waals surface area contributed by atoms with Crippen molar-refractivity contribution in [2.75, 3.05) is 31.6 Å². The number of benzene rings is 1. The second kappa shape index (κ2) is 8.15. The molecule has 2 rings (SSSR count). The third kappa shape index (κ3) is 4.26. The van der Waals surface area contributed by atoms with Gasteiger partial charge in [0, 0.05) is 20.0 Å². The normalized spacial score (nSPS) is 14.2. The van der Waals surface area contributed by atoms with Crippen LogP contribution in [0.5, 0.6) is 0 Å². The Morgan fingerprint density at radius 2 is 1.88 bits per heavy atom. The number of methoxy groups -OCH3 is 1. The monoisotopic (exact) mass is 352 g/mol. The Hall–Kier alpha value is -2.08. The number of carbonyl (C=O) groups is 3. The van der Waals surface area contributed by atoms with Crippen LogP contribution in [-0.4, -0.2) is 49.4 Å². The van der Waals surface area contributed by atoms with Gasteiger partial charge in [0.05, 0.1) is 23.4 Å². The molecular formula is C17H21ClN2O4. The molecule has 0 spiro atoms. The number of piperidine rings is 1. The van der Waals surface area contributed by atoms with Gasteiger partial charge in [0.1, 0.15) is 6.54 Å². The molecule has 0 aliphatic carbocycles. The van der Waals surface area contributed by atoms with Crippen LogP contribution in [0.4, 0.5) is 5.69 Å². The Kier molecular flexibility index (Phi) is 6.20. The molecular weight excluding hydrogens is 332 g/mol. The lowest BCUT2D eigenvalue weighted by Crippen LogP contribution is -2.44. The Morgan fingerprint density at radius 3 is 2.46 bits per heavy atom. The Bertz CT molecular complexity index is 641. The molecule has 1 fully saturated rings. The van der Waals surface area contributed by atoms with E-state index in [1.54, 1.807) is 4.90 Å². The summed E-state index contributed by atoms with van der Waals surface area (Å²) in [4.78, 5) is 39.3. The highest BCUT2D eigenvalue weighted by atomic mass is 35.5. The van der Waals surface area contributed by atoms with Crippen LogP contribution in [0.3, 0.4) is 0 Å². The second-order valence-electron chi connectivity index (χ2n) is 5.70. The quantitative estimate of drug-likeness (QED) is 0.781. The van der Waals surface area contributed by atoms with Gasteiger partial charge in [-0.05, 0) is 37.5 Å². The number of rotatable bonds is 4. The number of amides is 2. The number of carbonyl (C=O) groups excluding carboxylic acids is 3. The molecule has 2 amide bonds. The molecule has 1 aliphatic rings. The molecule has 7 heteroatoms. The minimum atomic E-state index is -0.529. The zero-order valence-electron chi connectivity index (χ0n) is 13.9. The van der Waals surface area contributed by atoms with Crippen LogP contribution >= 0.6 is 11.6 Å². The number of ether oxygens (including phenoxy) is 1. The third-order valence-electron chi connectivity index (χ3n) is 4.04. The molecule has 0 aromatic heterocycles. The molecule has 1 heterocycles. The van der Waals surface area contributed by atoms with Crippen LogP contribution < -0.4 is 4.90 Å². The zero-order chi connectivity index (χ0) is 17.7. The van der Waals surface area contributed by atoms with E-state index in [-0.39, 0.29) is 23.9 Å². The van der Waals surface area contributed by atoms with Gasteiger partial charge in [-0.1, -0.05) is 11.6 Å². The largest absolute Gasteiger partial charge is 0.465 e. The van der Waals surface area contributed by atoms with Crippen molar-refractivity contribution in [3.05, 3.63) is 28.8 Å². The molecule has 0 atom stereocenters. The van der Waals surface area contributed by atoms with E-state index in [2.05, 4.69) is 4.74 Å². The summed E-state index contributed by atoms with van der Waals surface area (Å²) in [6, 6.07) is 4.51. The fourth-order valence-corrected chi connectivity index (χ4v) is 2.93. The first-order valence-electron chi connectivity index (χ1n) is 7.87. The van der Waals surface area contributed by atoms with Gasteiger partial charge in [-0.25, -0.2) is 4.79 Å². The molecule has 0 radical (unpaired) electrons. The van der Waals surface area contributed by atoms with Gasteiger partial charge >= 0.3 is 5.97 Å². The summed E-state index contributed by atoms with van der Waals surface area (Å²) >= 11 is 6.18. The molecule has 130 valence electrons. The van der Waals surface area contributed by atoms with Crippen LogP contribution in [0.25, 0.3) is 0 Å². The van der Waals surface area contributed by atoms with Crippen LogP contribution in [0, 0.1) is 0 Å². The van der Waals surface area contributed by atoms with E-state index in [1.165, 1.54) is 37.1 Å². The van der Waals surface area contributed by atoms with E-state index in [9.17, 15) is 14.4 Å². The number of nitrogens with zero attached hydrogens (tertiary/aromatic N) is 2. The first-order chi connectivity index (χ1) is 11.4. The predicted octanol–water partition coefficient (Wildman–Crippen LogP) is 2.49. The SMILES string of the molecule is COC(=O)c1ccc(Cl)c(N(CC(=O)N2CCCCC2)C(C)=O)c1. The van der Waals surface area contributed by atoms with E-state index in [1.807, 2.05) is 0 Å². The summed E-state index contributed by atoms with van der Waals surface area (Å²) in [5, 5.41) is 0.296.